The van der Waals surface area contributed by atoms with Crippen molar-refractivity contribution in [1.82, 2.24) is 4.57 Å². The number of rotatable bonds is 5. The monoisotopic (exact) mass is 744 g/mol. The maximum absolute atomic E-state index is 2.55. The van der Waals surface area contributed by atoms with Crippen LogP contribution < -0.4 is 4.90 Å². The molecule has 58 heavy (non-hydrogen) atoms. The highest BCUT2D eigenvalue weighted by atomic mass is 15.1. The summed E-state index contributed by atoms with van der Waals surface area (Å²) in [6.45, 7) is 0. The molecule has 9 aromatic rings. The summed E-state index contributed by atoms with van der Waals surface area (Å²) in [7, 11) is 0. The topological polar surface area (TPSA) is 8.17 Å². The van der Waals surface area contributed by atoms with E-state index < -0.39 is 0 Å². The predicted octanol–water partition coefficient (Wildman–Crippen LogP) is 14.8. The fraction of sp³-hybridized carbons (Fsp3) is 0.179. The number of nitrogens with zero attached hydrogens (tertiary/aromatic N) is 2. The van der Waals surface area contributed by atoms with Crippen LogP contribution in [0.3, 0.4) is 0 Å². The normalized spacial score (nSPS) is 22.6. The van der Waals surface area contributed by atoms with E-state index in [1.54, 1.807) is 11.1 Å². The van der Waals surface area contributed by atoms with Crippen molar-refractivity contribution in [1.29, 1.82) is 0 Å². The first-order chi connectivity index (χ1) is 28.7. The lowest BCUT2D eigenvalue weighted by Crippen LogP contribution is -2.55. The van der Waals surface area contributed by atoms with Crippen LogP contribution in [0, 0.1) is 23.7 Å². The summed E-state index contributed by atoms with van der Waals surface area (Å²) in [4.78, 5) is 2.55. The van der Waals surface area contributed by atoms with Crippen molar-refractivity contribution in [2.75, 3.05) is 4.90 Å². The molecule has 0 N–H and O–H groups in total. The summed E-state index contributed by atoms with van der Waals surface area (Å²) >= 11 is 0. The van der Waals surface area contributed by atoms with Gasteiger partial charge >= 0.3 is 0 Å². The third-order valence-corrected chi connectivity index (χ3v) is 15.0. The molecule has 0 atom stereocenters. The standard InChI is InChI=1S/C56H44N2/c1-2-13-45-38(11-1)12-9-17-46(45)39-23-25-42(26-24-39)57(43-27-29-44(30-28-43)58-52-20-7-4-14-47(52)48-15-5-8-21-53(48)58)54-22-10-19-51-55(54)49-16-3-6-18-50(49)56(51)40-32-36-31-37(34-40)35-41(56)33-36/h1-30,36-37,40-41H,31-35H2. The fourth-order valence-corrected chi connectivity index (χ4v) is 13.0. The number of aromatic nitrogens is 1. The number of hydrogen-bond acceptors (Lipinski definition) is 1. The minimum atomic E-state index is 0.111. The Balaban J connectivity index is 1.00. The van der Waals surface area contributed by atoms with Crippen molar-refractivity contribution in [3.63, 3.8) is 0 Å². The molecule has 4 bridgehead atoms. The largest absolute Gasteiger partial charge is 0.310 e. The molecule has 278 valence electrons. The summed E-state index contributed by atoms with van der Waals surface area (Å²) in [6, 6.07) is 68.5. The van der Waals surface area contributed by atoms with E-state index in [4.69, 9.17) is 0 Å². The summed E-state index contributed by atoms with van der Waals surface area (Å²) in [5.41, 5.74) is 15.9. The van der Waals surface area contributed by atoms with Crippen LogP contribution in [0.4, 0.5) is 17.1 Å². The highest BCUT2D eigenvalue weighted by Crippen LogP contribution is 2.70. The Bertz CT molecular complexity index is 2990. The van der Waals surface area contributed by atoms with Gasteiger partial charge in [0.15, 0.2) is 0 Å². The highest BCUT2D eigenvalue weighted by Gasteiger charge is 2.61. The molecular formula is C56H44N2. The number of anilines is 3. The van der Waals surface area contributed by atoms with E-state index in [-0.39, 0.29) is 5.41 Å². The first kappa shape index (κ1) is 32.7. The van der Waals surface area contributed by atoms with Crippen LogP contribution in [0.15, 0.2) is 182 Å². The second-order valence-electron chi connectivity index (χ2n) is 17.7. The van der Waals surface area contributed by atoms with E-state index in [0.29, 0.717) is 0 Å². The molecule has 0 radical (unpaired) electrons. The third kappa shape index (κ3) is 4.49. The van der Waals surface area contributed by atoms with Crippen molar-refractivity contribution < 1.29 is 0 Å². The molecule has 1 spiro atoms. The number of fused-ring (bicyclic) bond motifs is 7. The van der Waals surface area contributed by atoms with Gasteiger partial charge in [-0.3, -0.25) is 0 Å². The first-order valence-corrected chi connectivity index (χ1v) is 21.4. The molecule has 4 saturated carbocycles. The van der Waals surface area contributed by atoms with Gasteiger partial charge in [-0.2, -0.15) is 0 Å². The molecule has 2 heteroatoms. The van der Waals surface area contributed by atoms with E-state index in [1.807, 2.05) is 0 Å². The van der Waals surface area contributed by atoms with Gasteiger partial charge in [0.05, 0.1) is 16.7 Å². The molecular weight excluding hydrogens is 701 g/mol. The van der Waals surface area contributed by atoms with Gasteiger partial charge in [0.25, 0.3) is 0 Å². The average molecular weight is 745 g/mol. The third-order valence-electron chi connectivity index (χ3n) is 15.0. The van der Waals surface area contributed by atoms with Gasteiger partial charge in [-0.15, -0.1) is 0 Å². The minimum absolute atomic E-state index is 0.111. The van der Waals surface area contributed by atoms with Crippen LogP contribution in [-0.2, 0) is 5.41 Å². The average Bonchev–Trinajstić information content (AvgIpc) is 3.77. The Kier molecular flexibility index (Phi) is 6.94. The first-order valence-electron chi connectivity index (χ1n) is 21.4. The summed E-state index contributed by atoms with van der Waals surface area (Å²) in [5, 5.41) is 5.12. The molecule has 14 rings (SSSR count). The van der Waals surface area contributed by atoms with Gasteiger partial charge < -0.3 is 9.47 Å². The second kappa shape index (κ2) is 12.3. The van der Waals surface area contributed by atoms with E-state index in [1.165, 1.54) is 110 Å². The molecule has 1 aromatic heterocycles. The number of para-hydroxylation sites is 2. The molecule has 2 nitrogen and oxygen atoms in total. The van der Waals surface area contributed by atoms with Gasteiger partial charge in [0, 0.05) is 38.8 Å². The van der Waals surface area contributed by atoms with Gasteiger partial charge in [0.1, 0.15) is 0 Å². The Labute approximate surface area is 340 Å². The van der Waals surface area contributed by atoms with Crippen molar-refractivity contribution in [2.24, 2.45) is 23.7 Å². The maximum Gasteiger partial charge on any atom is 0.0543 e. The Morgan fingerprint density at radius 3 is 1.67 bits per heavy atom. The van der Waals surface area contributed by atoms with Crippen molar-refractivity contribution in [3.05, 3.63) is 193 Å². The van der Waals surface area contributed by atoms with E-state index >= 15 is 0 Å². The zero-order valence-electron chi connectivity index (χ0n) is 32.6. The van der Waals surface area contributed by atoms with E-state index in [0.717, 1.165) is 23.7 Å². The Morgan fingerprint density at radius 1 is 0.431 bits per heavy atom. The summed E-state index contributed by atoms with van der Waals surface area (Å²) < 4.78 is 2.42. The predicted molar refractivity (Wildman–Crippen MR) is 242 cm³/mol. The van der Waals surface area contributed by atoms with Gasteiger partial charge in [-0.25, -0.2) is 0 Å². The Hall–Kier alpha value is -6.38. The van der Waals surface area contributed by atoms with E-state index in [9.17, 15) is 0 Å². The summed E-state index contributed by atoms with van der Waals surface area (Å²) in [6.07, 6.45) is 7.00. The highest BCUT2D eigenvalue weighted by molar-refractivity contribution is 6.09. The van der Waals surface area contributed by atoms with Crippen LogP contribution in [0.1, 0.15) is 43.2 Å². The molecule has 5 aliphatic rings. The lowest BCUT2D eigenvalue weighted by atomic mass is 9.43. The fourth-order valence-electron chi connectivity index (χ4n) is 13.0. The Morgan fingerprint density at radius 2 is 0.966 bits per heavy atom. The zero-order chi connectivity index (χ0) is 38.0. The lowest BCUT2D eigenvalue weighted by molar-refractivity contribution is -0.0399. The minimum Gasteiger partial charge on any atom is -0.310 e. The smallest absolute Gasteiger partial charge is 0.0543 e. The zero-order valence-corrected chi connectivity index (χ0v) is 32.6. The lowest BCUT2D eigenvalue weighted by Gasteiger charge is -2.61. The van der Waals surface area contributed by atoms with Gasteiger partial charge in [-0.05, 0) is 149 Å². The number of benzene rings is 8. The van der Waals surface area contributed by atoms with Crippen LogP contribution >= 0.6 is 0 Å². The van der Waals surface area contributed by atoms with Crippen LogP contribution in [0.5, 0.6) is 0 Å². The molecule has 0 amide bonds. The van der Waals surface area contributed by atoms with Crippen LogP contribution in [-0.4, -0.2) is 4.57 Å². The van der Waals surface area contributed by atoms with Crippen molar-refractivity contribution >= 4 is 49.6 Å². The van der Waals surface area contributed by atoms with Crippen LogP contribution in [0.25, 0.3) is 60.5 Å². The molecule has 4 fully saturated rings. The second-order valence-corrected chi connectivity index (χ2v) is 17.7. The quantitative estimate of drug-likeness (QED) is 0.170. The van der Waals surface area contributed by atoms with Crippen molar-refractivity contribution in [2.45, 2.75) is 37.5 Å². The molecule has 0 saturated heterocycles. The number of hydrogen-bond donors (Lipinski definition) is 0. The molecule has 8 aromatic carbocycles. The van der Waals surface area contributed by atoms with E-state index in [2.05, 4.69) is 191 Å². The molecule has 0 unspecified atom stereocenters. The molecule has 5 aliphatic carbocycles. The summed E-state index contributed by atoms with van der Waals surface area (Å²) in [5.74, 6) is 3.27. The van der Waals surface area contributed by atoms with Crippen molar-refractivity contribution in [3.8, 4) is 27.9 Å². The van der Waals surface area contributed by atoms with Gasteiger partial charge in [0.2, 0.25) is 0 Å². The van der Waals surface area contributed by atoms with Crippen LogP contribution in [0.2, 0.25) is 0 Å². The maximum atomic E-state index is 2.55. The van der Waals surface area contributed by atoms with Gasteiger partial charge in [-0.1, -0.05) is 127 Å². The molecule has 0 aliphatic heterocycles. The molecule has 1 heterocycles. The SMILES string of the molecule is c1ccc2c(c1)-c1c(N(c3ccc(-c4cccc5ccccc45)cc3)c3ccc(-n4c5ccccc5c5ccccc54)cc3)cccc1C21C2CC3CC(C2)CC1C3.